The zero-order valence-electron chi connectivity index (χ0n) is 20.1. The van der Waals surface area contributed by atoms with Crippen LogP contribution in [0.2, 0.25) is 0 Å². The van der Waals surface area contributed by atoms with Gasteiger partial charge in [0, 0.05) is 43.1 Å². The Balaban J connectivity index is 0.000000614. The van der Waals surface area contributed by atoms with Gasteiger partial charge in [0.25, 0.3) is 5.91 Å². The van der Waals surface area contributed by atoms with Crippen LogP contribution in [0.1, 0.15) is 57.5 Å². The van der Waals surface area contributed by atoms with E-state index in [1.54, 1.807) is 11.0 Å². The first-order valence-electron chi connectivity index (χ1n) is 10.9. The summed E-state index contributed by atoms with van der Waals surface area (Å²) in [6.07, 6.45) is 0.917. The number of halogens is 1. The summed E-state index contributed by atoms with van der Waals surface area (Å²) in [6, 6.07) is 3.01. The van der Waals surface area contributed by atoms with Crippen molar-refractivity contribution in [2.24, 2.45) is 5.92 Å². The fraction of sp³-hybridized carbons (Fsp3) is 0.652. The Morgan fingerprint density at radius 3 is 2.03 bits per heavy atom. The molecular weight excluding hydrogens is 398 g/mol. The van der Waals surface area contributed by atoms with Crippen LogP contribution in [0.4, 0.5) is 4.39 Å². The molecule has 0 N–H and O–H groups in total. The minimum atomic E-state index is -0.772. The molecule has 0 aliphatic carbocycles. The highest BCUT2D eigenvalue weighted by atomic mass is 19.1. The van der Waals surface area contributed by atoms with Gasteiger partial charge in [-0.25, -0.2) is 4.39 Å². The van der Waals surface area contributed by atoms with Gasteiger partial charge in [-0.05, 0) is 53.3 Å². The van der Waals surface area contributed by atoms with E-state index in [1.807, 2.05) is 55.5 Å². The van der Waals surface area contributed by atoms with E-state index in [0.717, 1.165) is 24.9 Å². The summed E-state index contributed by atoms with van der Waals surface area (Å²) in [6.45, 7) is 16.3. The lowest BCUT2D eigenvalue weighted by atomic mass is 9.77. The molecule has 0 saturated carbocycles. The third-order valence-electron chi connectivity index (χ3n) is 6.14. The van der Waals surface area contributed by atoms with Crippen LogP contribution in [0.3, 0.4) is 0 Å². The monoisotopic (exact) mass is 434 g/mol. The Kier molecular flexibility index (Phi) is 8.06. The standard InChI is InChI=1S/C19H28BFN2O3.C4H8O/c1-13-11-15(20-25-18(2,3)19(4,5)26-20)16(21)12-14(13)17(24)23-9-7-22(6)8-10-23;1-4(2)3-5/h11-12H,7-10H2,1-6H3;3-4H,1-2H3. The Labute approximate surface area is 186 Å². The Hall–Kier alpha value is -1.77. The molecule has 31 heavy (non-hydrogen) atoms. The number of rotatable bonds is 3. The van der Waals surface area contributed by atoms with Crippen molar-refractivity contribution in [3.8, 4) is 0 Å². The zero-order valence-corrected chi connectivity index (χ0v) is 20.1. The van der Waals surface area contributed by atoms with Crippen LogP contribution < -0.4 is 5.46 Å². The number of carbonyl (C=O) groups is 2. The molecule has 0 spiro atoms. The number of likely N-dealkylation sites (N-methyl/N-ethyl adjacent to an activating group) is 1. The van der Waals surface area contributed by atoms with E-state index in [0.29, 0.717) is 24.1 Å². The quantitative estimate of drug-likeness (QED) is 0.541. The van der Waals surface area contributed by atoms with Gasteiger partial charge in [0.1, 0.15) is 12.1 Å². The van der Waals surface area contributed by atoms with Crippen molar-refractivity contribution in [1.29, 1.82) is 0 Å². The van der Waals surface area contributed by atoms with Crippen molar-refractivity contribution in [3.63, 3.8) is 0 Å². The molecular formula is C23H36BFN2O4. The van der Waals surface area contributed by atoms with Gasteiger partial charge in [0.15, 0.2) is 0 Å². The Bertz CT molecular complexity index is 789. The molecule has 172 valence electrons. The third-order valence-corrected chi connectivity index (χ3v) is 6.14. The topological polar surface area (TPSA) is 59.1 Å². The smallest absolute Gasteiger partial charge is 0.399 e. The molecule has 0 bridgehead atoms. The van der Waals surface area contributed by atoms with E-state index in [4.69, 9.17) is 9.31 Å². The molecule has 0 atom stereocenters. The van der Waals surface area contributed by atoms with Crippen LogP contribution in [-0.2, 0) is 14.1 Å². The minimum absolute atomic E-state index is 0.116. The highest BCUT2D eigenvalue weighted by Crippen LogP contribution is 2.36. The first kappa shape index (κ1) is 25.5. The first-order chi connectivity index (χ1) is 14.3. The molecule has 2 fully saturated rings. The number of hydrogen-bond acceptors (Lipinski definition) is 5. The fourth-order valence-corrected chi connectivity index (χ4v) is 3.26. The summed E-state index contributed by atoms with van der Waals surface area (Å²) in [4.78, 5) is 26.3. The average molecular weight is 434 g/mol. The molecule has 2 aliphatic heterocycles. The first-order valence-corrected chi connectivity index (χ1v) is 10.9. The van der Waals surface area contributed by atoms with Gasteiger partial charge < -0.3 is 23.9 Å². The van der Waals surface area contributed by atoms with Crippen LogP contribution >= 0.6 is 0 Å². The van der Waals surface area contributed by atoms with Crippen LogP contribution in [0.15, 0.2) is 12.1 Å². The maximum atomic E-state index is 14.8. The number of aryl methyl sites for hydroxylation is 1. The van der Waals surface area contributed by atoms with Crippen LogP contribution in [0.5, 0.6) is 0 Å². The van der Waals surface area contributed by atoms with E-state index >= 15 is 0 Å². The van der Waals surface area contributed by atoms with Gasteiger partial charge in [0.05, 0.1) is 11.2 Å². The van der Waals surface area contributed by atoms with Crippen molar-refractivity contribution in [1.82, 2.24) is 9.80 Å². The molecule has 2 saturated heterocycles. The lowest BCUT2D eigenvalue weighted by Crippen LogP contribution is -2.47. The second-order valence-corrected chi connectivity index (χ2v) is 9.75. The number of benzene rings is 1. The van der Waals surface area contributed by atoms with Crippen LogP contribution in [0.25, 0.3) is 0 Å². The van der Waals surface area contributed by atoms with Crippen molar-refractivity contribution in [2.75, 3.05) is 33.2 Å². The van der Waals surface area contributed by atoms with Crippen molar-refractivity contribution >= 4 is 24.8 Å². The van der Waals surface area contributed by atoms with Gasteiger partial charge in [-0.3, -0.25) is 4.79 Å². The van der Waals surface area contributed by atoms with E-state index in [-0.39, 0.29) is 11.8 Å². The van der Waals surface area contributed by atoms with E-state index < -0.39 is 24.1 Å². The number of nitrogens with zero attached hydrogens (tertiary/aromatic N) is 2. The summed E-state index contributed by atoms with van der Waals surface area (Å²) in [5.41, 5.74) is 0.419. The summed E-state index contributed by atoms with van der Waals surface area (Å²) >= 11 is 0. The number of piperazine rings is 1. The molecule has 1 aromatic rings. The maximum Gasteiger partial charge on any atom is 0.497 e. The van der Waals surface area contributed by atoms with Gasteiger partial charge in [-0.15, -0.1) is 0 Å². The van der Waals surface area contributed by atoms with Crippen LogP contribution in [-0.4, -0.2) is 73.5 Å². The minimum Gasteiger partial charge on any atom is -0.399 e. The fourth-order valence-electron chi connectivity index (χ4n) is 3.26. The van der Waals surface area contributed by atoms with E-state index in [2.05, 4.69) is 4.90 Å². The van der Waals surface area contributed by atoms with Crippen LogP contribution in [0, 0.1) is 18.7 Å². The molecule has 0 radical (unpaired) electrons. The number of carbonyl (C=O) groups excluding carboxylic acids is 2. The normalized spacial score (nSPS) is 20.5. The molecule has 3 rings (SSSR count). The average Bonchev–Trinajstić information content (AvgIpc) is 2.90. The van der Waals surface area contributed by atoms with Gasteiger partial charge in [0.2, 0.25) is 0 Å². The third kappa shape index (κ3) is 5.93. The van der Waals surface area contributed by atoms with Gasteiger partial charge >= 0.3 is 7.12 Å². The highest BCUT2D eigenvalue weighted by molar-refractivity contribution is 6.62. The molecule has 8 heteroatoms. The zero-order chi connectivity index (χ0) is 23.6. The molecule has 0 aromatic heterocycles. The summed E-state index contributed by atoms with van der Waals surface area (Å²) in [5, 5.41) is 0. The molecule has 6 nitrogen and oxygen atoms in total. The second kappa shape index (κ2) is 9.80. The lowest BCUT2D eigenvalue weighted by molar-refractivity contribution is -0.110. The number of amides is 1. The summed E-state index contributed by atoms with van der Waals surface area (Å²) < 4.78 is 26.7. The molecule has 2 heterocycles. The number of aldehydes is 1. The predicted molar refractivity (Wildman–Crippen MR) is 121 cm³/mol. The molecule has 1 aromatic carbocycles. The molecule has 2 aliphatic rings. The second-order valence-electron chi connectivity index (χ2n) is 9.75. The summed E-state index contributed by atoms with van der Waals surface area (Å²) in [7, 11) is 1.26. The number of hydrogen-bond donors (Lipinski definition) is 0. The highest BCUT2D eigenvalue weighted by Gasteiger charge is 2.52. The Morgan fingerprint density at radius 2 is 1.58 bits per heavy atom. The molecule has 0 unspecified atom stereocenters. The SMILES string of the molecule is CC(C)C=O.Cc1cc(B2OC(C)(C)C(C)(C)O2)c(F)cc1C(=O)N1CCN(C)CC1. The molecule has 1 amide bonds. The van der Waals surface area contributed by atoms with Crippen molar-refractivity contribution < 1.29 is 23.3 Å². The van der Waals surface area contributed by atoms with Crippen molar-refractivity contribution in [2.45, 2.75) is 59.7 Å². The van der Waals surface area contributed by atoms with Gasteiger partial charge in [-0.1, -0.05) is 19.9 Å². The Morgan fingerprint density at radius 1 is 1.10 bits per heavy atom. The van der Waals surface area contributed by atoms with E-state index in [9.17, 15) is 14.0 Å². The van der Waals surface area contributed by atoms with Gasteiger partial charge in [-0.2, -0.15) is 0 Å². The largest absolute Gasteiger partial charge is 0.497 e. The maximum absolute atomic E-state index is 14.8. The predicted octanol–water partition coefficient (Wildman–Crippen LogP) is 2.66. The lowest BCUT2D eigenvalue weighted by Gasteiger charge is -2.32. The van der Waals surface area contributed by atoms with Crippen molar-refractivity contribution in [3.05, 3.63) is 29.1 Å². The summed E-state index contributed by atoms with van der Waals surface area (Å²) in [5.74, 6) is -0.378. The van der Waals surface area contributed by atoms with E-state index in [1.165, 1.54) is 6.07 Å².